The van der Waals surface area contributed by atoms with Gasteiger partial charge in [-0.2, -0.15) is 13.2 Å². The van der Waals surface area contributed by atoms with Crippen LogP contribution in [0, 0.1) is 18.6 Å². The molecule has 0 bridgehead atoms. The van der Waals surface area contributed by atoms with Crippen molar-refractivity contribution in [1.29, 1.82) is 0 Å². The largest absolute Gasteiger partial charge is 0.422 e. The zero-order valence-electron chi connectivity index (χ0n) is 7.15. The molecule has 1 aromatic rings. The molecule has 0 saturated carbocycles. The molecule has 0 spiro atoms. The maximum absolute atomic E-state index is 13.0. The van der Waals surface area contributed by atoms with Crippen LogP contribution in [0.4, 0.5) is 22.0 Å². The molecular formula is C8H3Cl2F5. The molecule has 0 N–H and O–H groups in total. The molecule has 0 aromatic heterocycles. The SMILES string of the molecule is Cc1c(Cl)c(F)c(C(F)(F)F)c(F)c1Cl. The lowest BCUT2D eigenvalue weighted by Crippen LogP contribution is -2.13. The summed E-state index contributed by atoms with van der Waals surface area (Å²) in [6.07, 6.45) is -5.17. The Morgan fingerprint density at radius 2 is 1.27 bits per heavy atom. The molecule has 15 heavy (non-hydrogen) atoms. The Balaban J connectivity index is 3.68. The van der Waals surface area contributed by atoms with Gasteiger partial charge in [0.2, 0.25) is 0 Å². The molecule has 0 amide bonds. The van der Waals surface area contributed by atoms with Gasteiger partial charge in [-0.15, -0.1) is 0 Å². The first-order valence-electron chi connectivity index (χ1n) is 3.57. The van der Waals surface area contributed by atoms with E-state index in [1.807, 2.05) is 0 Å². The van der Waals surface area contributed by atoms with E-state index in [1.165, 1.54) is 0 Å². The molecule has 84 valence electrons. The summed E-state index contributed by atoms with van der Waals surface area (Å²) in [5.41, 5.74) is -2.33. The molecular weight excluding hydrogens is 262 g/mol. The molecule has 1 aromatic carbocycles. The van der Waals surface area contributed by atoms with Gasteiger partial charge >= 0.3 is 6.18 Å². The first-order chi connectivity index (χ1) is 6.68. The van der Waals surface area contributed by atoms with E-state index in [1.54, 1.807) is 0 Å². The van der Waals surface area contributed by atoms with Crippen molar-refractivity contribution in [2.75, 3.05) is 0 Å². The number of benzene rings is 1. The Bertz CT molecular complexity index is 381. The quantitative estimate of drug-likeness (QED) is 0.475. The fourth-order valence-corrected chi connectivity index (χ4v) is 1.42. The van der Waals surface area contributed by atoms with E-state index in [-0.39, 0.29) is 5.56 Å². The molecule has 1 rings (SSSR count). The average Bonchev–Trinajstić information content (AvgIpc) is 2.09. The summed E-state index contributed by atoms with van der Waals surface area (Å²) < 4.78 is 62.7. The zero-order valence-corrected chi connectivity index (χ0v) is 8.66. The van der Waals surface area contributed by atoms with Crippen LogP contribution in [0.15, 0.2) is 0 Å². The smallest absolute Gasteiger partial charge is 0.205 e. The zero-order chi connectivity index (χ0) is 12.0. The second-order valence-corrected chi connectivity index (χ2v) is 3.51. The van der Waals surface area contributed by atoms with E-state index in [0.29, 0.717) is 0 Å². The van der Waals surface area contributed by atoms with Crippen molar-refractivity contribution >= 4 is 23.2 Å². The Kier molecular flexibility index (Phi) is 3.16. The van der Waals surface area contributed by atoms with Crippen molar-refractivity contribution in [3.8, 4) is 0 Å². The highest BCUT2D eigenvalue weighted by Crippen LogP contribution is 2.40. The Labute approximate surface area is 91.6 Å². The van der Waals surface area contributed by atoms with Crippen molar-refractivity contribution in [3.05, 3.63) is 32.8 Å². The molecule has 0 unspecified atom stereocenters. The number of alkyl halides is 3. The third-order valence-electron chi connectivity index (χ3n) is 1.77. The van der Waals surface area contributed by atoms with Crippen LogP contribution in [-0.2, 0) is 6.18 Å². The van der Waals surface area contributed by atoms with Gasteiger partial charge in [-0.05, 0) is 12.5 Å². The van der Waals surface area contributed by atoms with Crippen molar-refractivity contribution in [2.24, 2.45) is 0 Å². The lowest BCUT2D eigenvalue weighted by Gasteiger charge is -2.13. The topological polar surface area (TPSA) is 0 Å². The summed E-state index contributed by atoms with van der Waals surface area (Å²) in [6.45, 7) is 1.12. The maximum atomic E-state index is 13.0. The molecule has 0 fully saturated rings. The third-order valence-corrected chi connectivity index (χ3v) is 2.67. The molecule has 0 atom stereocenters. The summed E-state index contributed by atoms with van der Waals surface area (Å²) in [4.78, 5) is 0. The van der Waals surface area contributed by atoms with Crippen molar-refractivity contribution in [3.63, 3.8) is 0 Å². The van der Waals surface area contributed by atoms with Crippen LogP contribution in [0.5, 0.6) is 0 Å². The average molecular weight is 265 g/mol. The number of halogens is 7. The first-order valence-corrected chi connectivity index (χ1v) is 4.33. The second kappa shape index (κ2) is 3.79. The minimum absolute atomic E-state index is 0.263. The Morgan fingerprint density at radius 3 is 1.53 bits per heavy atom. The predicted molar refractivity (Wildman–Crippen MR) is 46.1 cm³/mol. The van der Waals surface area contributed by atoms with Crippen LogP contribution in [0.3, 0.4) is 0 Å². The monoisotopic (exact) mass is 264 g/mol. The first kappa shape index (κ1) is 12.5. The highest BCUT2D eigenvalue weighted by Gasteiger charge is 2.40. The van der Waals surface area contributed by atoms with E-state index >= 15 is 0 Å². The molecule has 0 aliphatic heterocycles. The van der Waals surface area contributed by atoms with Gasteiger partial charge in [0.15, 0.2) is 11.6 Å². The van der Waals surface area contributed by atoms with Crippen molar-refractivity contribution < 1.29 is 22.0 Å². The van der Waals surface area contributed by atoms with Gasteiger partial charge in [-0.25, -0.2) is 8.78 Å². The standard InChI is InChI=1S/C8H3Cl2F5/c1-2-4(9)6(11)3(8(13,14)15)7(12)5(2)10/h1H3. The summed E-state index contributed by atoms with van der Waals surface area (Å²) in [6, 6.07) is 0. The minimum Gasteiger partial charge on any atom is -0.205 e. The van der Waals surface area contributed by atoms with Crippen molar-refractivity contribution in [2.45, 2.75) is 13.1 Å². The van der Waals surface area contributed by atoms with Gasteiger partial charge < -0.3 is 0 Å². The molecule has 0 aliphatic carbocycles. The van der Waals surface area contributed by atoms with Crippen LogP contribution >= 0.6 is 23.2 Å². The molecule has 0 saturated heterocycles. The highest BCUT2D eigenvalue weighted by atomic mass is 35.5. The van der Waals surface area contributed by atoms with Gasteiger partial charge in [0.1, 0.15) is 5.56 Å². The van der Waals surface area contributed by atoms with E-state index in [0.717, 1.165) is 6.92 Å². The fourth-order valence-electron chi connectivity index (χ4n) is 0.990. The molecule has 0 aliphatic rings. The number of hydrogen-bond acceptors (Lipinski definition) is 0. The lowest BCUT2D eigenvalue weighted by atomic mass is 10.1. The second-order valence-electron chi connectivity index (χ2n) is 2.75. The van der Waals surface area contributed by atoms with Crippen molar-refractivity contribution in [1.82, 2.24) is 0 Å². The van der Waals surface area contributed by atoms with Crippen LogP contribution in [0.25, 0.3) is 0 Å². The summed E-state index contributed by atoms with van der Waals surface area (Å²) >= 11 is 10.5. The maximum Gasteiger partial charge on any atom is 0.422 e. The van der Waals surface area contributed by atoms with Gasteiger partial charge in [-0.1, -0.05) is 23.2 Å². The summed E-state index contributed by atoms with van der Waals surface area (Å²) in [5, 5.41) is -1.65. The van der Waals surface area contributed by atoms with Gasteiger partial charge in [-0.3, -0.25) is 0 Å². The minimum atomic E-state index is -5.17. The number of hydrogen-bond donors (Lipinski definition) is 0. The lowest BCUT2D eigenvalue weighted by molar-refractivity contribution is -0.142. The van der Waals surface area contributed by atoms with E-state index in [2.05, 4.69) is 0 Å². The van der Waals surface area contributed by atoms with E-state index in [4.69, 9.17) is 23.2 Å². The van der Waals surface area contributed by atoms with Gasteiger partial charge in [0, 0.05) is 0 Å². The normalized spacial score (nSPS) is 12.0. The fraction of sp³-hybridized carbons (Fsp3) is 0.250. The van der Waals surface area contributed by atoms with E-state index < -0.39 is 33.4 Å². The molecule has 7 heteroatoms. The van der Waals surface area contributed by atoms with Crippen LogP contribution in [-0.4, -0.2) is 0 Å². The third kappa shape index (κ3) is 2.03. The van der Waals surface area contributed by atoms with Crippen LogP contribution < -0.4 is 0 Å². The molecule has 0 nitrogen and oxygen atoms in total. The summed E-state index contributed by atoms with van der Waals surface area (Å²) in [7, 11) is 0. The van der Waals surface area contributed by atoms with Crippen LogP contribution in [0.2, 0.25) is 10.0 Å². The number of rotatable bonds is 0. The Morgan fingerprint density at radius 1 is 0.933 bits per heavy atom. The highest BCUT2D eigenvalue weighted by molar-refractivity contribution is 6.36. The molecule has 0 heterocycles. The van der Waals surface area contributed by atoms with E-state index in [9.17, 15) is 22.0 Å². The van der Waals surface area contributed by atoms with Crippen LogP contribution in [0.1, 0.15) is 11.1 Å². The summed E-state index contributed by atoms with van der Waals surface area (Å²) in [5.74, 6) is -3.69. The van der Waals surface area contributed by atoms with Gasteiger partial charge in [0.05, 0.1) is 10.0 Å². The Hall–Kier alpha value is -0.550. The van der Waals surface area contributed by atoms with Gasteiger partial charge in [0.25, 0.3) is 0 Å². The molecule has 0 radical (unpaired) electrons. The predicted octanol–water partition coefficient (Wildman–Crippen LogP) is 4.60.